The maximum Gasteiger partial charge on any atom is 0.182 e. The highest BCUT2D eigenvalue weighted by atomic mass is 19.1. The van der Waals surface area contributed by atoms with E-state index < -0.39 is 11.6 Å². The van der Waals surface area contributed by atoms with E-state index in [1.54, 1.807) is 24.3 Å². The molecule has 2 aromatic carbocycles. The Balaban J connectivity index is 1.63. The first-order valence-corrected chi connectivity index (χ1v) is 11.7. The van der Waals surface area contributed by atoms with Crippen LogP contribution in [0.25, 0.3) is 28.3 Å². The van der Waals surface area contributed by atoms with E-state index in [2.05, 4.69) is 39.9 Å². The monoisotopic (exact) mass is 550 g/mol. The Kier molecular flexibility index (Phi) is 6.05. The van der Waals surface area contributed by atoms with Crippen molar-refractivity contribution in [3.8, 4) is 47.1 Å². The van der Waals surface area contributed by atoms with Crippen molar-refractivity contribution in [3.05, 3.63) is 110 Å². The lowest BCUT2D eigenvalue weighted by molar-refractivity contribution is 0.571. The maximum absolute atomic E-state index is 14.3. The number of rotatable bonds is 3. The van der Waals surface area contributed by atoms with Gasteiger partial charge in [0, 0.05) is 35.7 Å². The molecule has 0 radical (unpaired) electrons. The summed E-state index contributed by atoms with van der Waals surface area (Å²) in [7, 11) is 0. The zero-order valence-corrected chi connectivity index (χ0v) is 20.7. The van der Waals surface area contributed by atoms with Crippen molar-refractivity contribution in [3.63, 3.8) is 0 Å². The number of benzene rings is 2. The average Bonchev–Trinajstić information content (AvgIpc) is 3.63. The van der Waals surface area contributed by atoms with Crippen LogP contribution in [0.4, 0.5) is 8.78 Å². The third-order valence-electron chi connectivity index (χ3n) is 5.97. The summed E-state index contributed by atoms with van der Waals surface area (Å²) in [4.78, 5) is 33.9. The average molecular weight is 550 g/mol. The first kappa shape index (κ1) is 25.4. The van der Waals surface area contributed by atoms with Crippen molar-refractivity contribution in [1.82, 2.24) is 19.9 Å². The smallest absolute Gasteiger partial charge is 0.182 e. The van der Waals surface area contributed by atoms with Gasteiger partial charge in [0.05, 0.1) is 16.3 Å². The molecule has 0 fully saturated rings. The lowest BCUT2D eigenvalue weighted by atomic mass is 10.1. The van der Waals surface area contributed by atoms with E-state index in [4.69, 9.17) is 0 Å². The van der Waals surface area contributed by atoms with Crippen LogP contribution >= 0.6 is 0 Å². The fourth-order valence-corrected chi connectivity index (χ4v) is 4.10. The second-order valence-corrected chi connectivity index (χ2v) is 8.45. The summed E-state index contributed by atoms with van der Waals surface area (Å²) in [5, 5.41) is 38.6. The van der Waals surface area contributed by atoms with Gasteiger partial charge in [-0.15, -0.1) is 0 Å². The number of allylic oxidation sites excluding steroid dienone is 2. The molecule has 0 saturated carbocycles. The highest BCUT2D eigenvalue weighted by Crippen LogP contribution is 2.25. The highest BCUT2D eigenvalue weighted by Gasteiger charge is 2.22. The van der Waals surface area contributed by atoms with Gasteiger partial charge in [-0.3, -0.25) is 4.98 Å². The molecule has 6 rings (SSSR count). The predicted octanol–water partition coefficient (Wildman–Crippen LogP) is 1.41. The zero-order valence-electron chi connectivity index (χ0n) is 20.7. The Morgan fingerprint density at radius 2 is 1.50 bits per heavy atom. The lowest BCUT2D eigenvalue weighted by Gasteiger charge is -2.08. The van der Waals surface area contributed by atoms with Crippen LogP contribution in [0, 0.1) is 57.0 Å². The fourth-order valence-electron chi connectivity index (χ4n) is 4.10. The van der Waals surface area contributed by atoms with Gasteiger partial charge < -0.3 is 0 Å². The fraction of sp³-hybridized carbons (Fsp3) is 0. The van der Waals surface area contributed by atoms with Crippen molar-refractivity contribution in [2.45, 2.75) is 0 Å². The summed E-state index contributed by atoms with van der Waals surface area (Å²) in [5.74, 6) is -2.38. The second kappa shape index (κ2) is 10.0. The Morgan fingerprint density at radius 1 is 0.738 bits per heavy atom. The minimum absolute atomic E-state index is 0.0119. The van der Waals surface area contributed by atoms with Gasteiger partial charge in [0.1, 0.15) is 46.4 Å². The summed E-state index contributed by atoms with van der Waals surface area (Å²) in [6.45, 7) is 0. The van der Waals surface area contributed by atoms with Crippen LogP contribution < -0.4 is 21.4 Å². The van der Waals surface area contributed by atoms with Crippen molar-refractivity contribution < 1.29 is 8.78 Å². The number of aromatic nitrogens is 4. The molecule has 0 atom stereocenters. The number of pyridine rings is 1. The van der Waals surface area contributed by atoms with Gasteiger partial charge in [-0.2, -0.15) is 21.0 Å². The molecule has 0 unspecified atom stereocenters. The van der Waals surface area contributed by atoms with E-state index in [-0.39, 0.29) is 72.8 Å². The molecular weight excluding hydrogens is 542 g/mol. The van der Waals surface area contributed by atoms with Gasteiger partial charge >= 0.3 is 0 Å². The van der Waals surface area contributed by atoms with E-state index in [9.17, 15) is 29.8 Å². The molecule has 42 heavy (non-hydrogen) atoms. The van der Waals surface area contributed by atoms with Crippen LogP contribution in [0.1, 0.15) is 11.4 Å². The van der Waals surface area contributed by atoms with E-state index in [0.29, 0.717) is 11.6 Å². The Hall–Kier alpha value is -6.90. The molecule has 2 aromatic heterocycles. The van der Waals surface area contributed by atoms with Crippen molar-refractivity contribution >= 4 is 5.57 Å². The minimum atomic E-state index is -0.955. The van der Waals surface area contributed by atoms with Crippen LogP contribution in [0.3, 0.4) is 0 Å². The molecule has 0 bridgehead atoms. The molecule has 2 aliphatic heterocycles. The highest BCUT2D eigenvalue weighted by molar-refractivity contribution is 5.78. The van der Waals surface area contributed by atoms with Crippen LogP contribution in [-0.2, 0) is 0 Å². The van der Waals surface area contributed by atoms with Gasteiger partial charge in [0.2, 0.25) is 0 Å². The summed E-state index contributed by atoms with van der Waals surface area (Å²) in [6, 6.07) is 15.4. The first-order valence-electron chi connectivity index (χ1n) is 11.7. The third-order valence-corrected chi connectivity index (χ3v) is 5.97. The molecule has 0 aliphatic carbocycles. The summed E-state index contributed by atoms with van der Waals surface area (Å²) in [5.41, 5.74) is 0.0159. The van der Waals surface area contributed by atoms with E-state index in [0.717, 1.165) is 6.07 Å². The van der Waals surface area contributed by atoms with E-state index in [1.807, 2.05) is 12.1 Å². The molecular formula is C28H8F2N12. The lowest BCUT2D eigenvalue weighted by Crippen LogP contribution is -2.25. The molecule has 0 N–H and O–H groups in total. The normalized spacial score (nSPS) is 13.4. The van der Waals surface area contributed by atoms with E-state index in [1.165, 1.54) is 24.5 Å². The number of hydrogen-bond acceptors (Lipinski definition) is 12. The van der Waals surface area contributed by atoms with E-state index >= 15 is 0 Å². The number of fused-ring (bicyclic) bond motifs is 2. The van der Waals surface area contributed by atoms with Crippen molar-refractivity contribution in [2.24, 2.45) is 20.0 Å². The van der Waals surface area contributed by atoms with Crippen LogP contribution in [-0.4, -0.2) is 19.9 Å². The zero-order chi connectivity index (χ0) is 29.4. The quantitative estimate of drug-likeness (QED) is 0.341. The maximum atomic E-state index is 14.3. The molecule has 4 aromatic rings. The van der Waals surface area contributed by atoms with Crippen molar-refractivity contribution in [1.29, 1.82) is 21.0 Å². The molecule has 4 heterocycles. The molecule has 2 aliphatic rings. The van der Waals surface area contributed by atoms with Crippen LogP contribution in [0.15, 0.2) is 86.0 Å². The third kappa shape index (κ3) is 4.20. The largest absolute Gasteiger partial charge is 0.264 e. The van der Waals surface area contributed by atoms with Gasteiger partial charge in [-0.1, -0.05) is 0 Å². The van der Waals surface area contributed by atoms with Gasteiger partial charge in [-0.05, 0) is 24.3 Å². The number of halogens is 2. The number of hydrogen-bond donors (Lipinski definition) is 0. The summed E-state index contributed by atoms with van der Waals surface area (Å²) in [6.07, 6.45) is 3.02. The topological polar surface area (TPSA) is 196 Å². The molecule has 194 valence electrons. The van der Waals surface area contributed by atoms with Gasteiger partial charge in [-0.25, -0.2) is 43.7 Å². The molecule has 0 amide bonds. The second-order valence-electron chi connectivity index (χ2n) is 8.45. The Labute approximate surface area is 232 Å². The van der Waals surface area contributed by atoms with Crippen LogP contribution in [0.2, 0.25) is 0 Å². The van der Waals surface area contributed by atoms with Crippen molar-refractivity contribution in [2.75, 3.05) is 0 Å². The van der Waals surface area contributed by atoms with Crippen LogP contribution in [0.5, 0.6) is 0 Å². The SMILES string of the molecule is N#CC(C#N)=C1N=c2ccc(-c3nc(/C(C#N)=C4/N=c5cc(F)cc(F)c5=N4)nc(-c4cccnc4)n3)c(C#N)c2=N1. The Bertz CT molecular complexity index is 2350. The Morgan fingerprint density at radius 3 is 2.21 bits per heavy atom. The predicted molar refractivity (Wildman–Crippen MR) is 135 cm³/mol. The number of nitriles is 4. The molecule has 14 heteroatoms. The molecule has 12 nitrogen and oxygen atoms in total. The molecule has 0 spiro atoms. The van der Waals surface area contributed by atoms with Gasteiger partial charge in [0.25, 0.3) is 0 Å². The number of nitrogens with zero attached hydrogens (tertiary/aromatic N) is 12. The first-order chi connectivity index (χ1) is 20.4. The standard InChI is InChI=1S/C28H8F2N12/c29-15-6-19(30)23-21(7-15)37-27(39-23)18(11-34)28-41-24(13-2-1-5-35-12-13)40-26(42-28)16-3-4-20-22(17(16)10-33)38-25(36-20)14(8-31)9-32/h1-7,12H/b27-18-. The summed E-state index contributed by atoms with van der Waals surface area (Å²) < 4.78 is 28.1. The van der Waals surface area contributed by atoms with Gasteiger partial charge in [0.15, 0.2) is 40.5 Å². The molecule has 0 saturated heterocycles. The summed E-state index contributed by atoms with van der Waals surface area (Å²) >= 11 is 0. The minimum Gasteiger partial charge on any atom is -0.264 e.